The summed E-state index contributed by atoms with van der Waals surface area (Å²) in [4.78, 5) is 17.0. The molecular weight excluding hydrogens is 358 g/mol. The molecule has 0 saturated carbocycles. The van der Waals surface area contributed by atoms with E-state index in [1.54, 1.807) is 4.90 Å². The van der Waals surface area contributed by atoms with E-state index in [0.29, 0.717) is 25.1 Å². The molecule has 7 nitrogen and oxygen atoms in total. The van der Waals surface area contributed by atoms with Crippen molar-refractivity contribution in [2.24, 2.45) is 5.92 Å². The third-order valence-corrected chi connectivity index (χ3v) is 5.63. The Morgan fingerprint density at radius 3 is 2.68 bits per heavy atom. The standard InChI is InChI=1S/C21H27N3O4/c1-14-9-16(3-4-19(14)23-5-7-27-8-6-23)21(26)24-12-17(20(25)13-24)11-18-10-15(2)22-28-18/h3-4,9-10,17,20,25H,5-8,11-13H2,1-2H3/t17-,20-/m1/s1. The third-order valence-electron chi connectivity index (χ3n) is 5.63. The Labute approximate surface area is 164 Å². The molecule has 1 amide bonds. The first-order chi connectivity index (χ1) is 13.5. The molecule has 2 atom stereocenters. The van der Waals surface area contributed by atoms with E-state index in [9.17, 15) is 9.90 Å². The fourth-order valence-corrected chi connectivity index (χ4v) is 4.12. The zero-order valence-corrected chi connectivity index (χ0v) is 16.4. The molecule has 2 aromatic rings. The van der Waals surface area contributed by atoms with Crippen LogP contribution in [-0.4, -0.2) is 66.6 Å². The molecule has 1 aromatic heterocycles. The van der Waals surface area contributed by atoms with E-state index < -0.39 is 6.10 Å². The number of hydrogen-bond acceptors (Lipinski definition) is 6. The summed E-state index contributed by atoms with van der Waals surface area (Å²) in [5, 5.41) is 14.3. The number of aromatic nitrogens is 1. The Bertz CT molecular complexity index is 844. The number of ether oxygens (including phenoxy) is 1. The van der Waals surface area contributed by atoms with Crippen molar-refractivity contribution in [3.8, 4) is 0 Å². The number of likely N-dealkylation sites (tertiary alicyclic amines) is 1. The summed E-state index contributed by atoms with van der Waals surface area (Å²) in [5.74, 6) is 0.679. The number of aliphatic hydroxyl groups excluding tert-OH is 1. The molecule has 0 radical (unpaired) electrons. The lowest BCUT2D eigenvalue weighted by molar-refractivity contribution is 0.0764. The number of amides is 1. The van der Waals surface area contributed by atoms with E-state index in [0.717, 1.165) is 49.0 Å². The number of aliphatic hydroxyl groups is 1. The normalized spacial score (nSPS) is 22.7. The number of carbonyl (C=O) groups is 1. The molecule has 1 N–H and O–H groups in total. The predicted molar refractivity (Wildman–Crippen MR) is 105 cm³/mol. The number of β-amino-alcohol motifs (C(OH)–C–C–N with tert-alkyl or cyclic N) is 1. The maximum absolute atomic E-state index is 13.0. The van der Waals surface area contributed by atoms with Crippen LogP contribution in [0.2, 0.25) is 0 Å². The molecule has 0 aliphatic carbocycles. The van der Waals surface area contributed by atoms with E-state index in [1.165, 1.54) is 0 Å². The van der Waals surface area contributed by atoms with Gasteiger partial charge in [0.2, 0.25) is 0 Å². The summed E-state index contributed by atoms with van der Waals surface area (Å²) in [5.41, 5.74) is 3.73. The molecule has 0 bridgehead atoms. The van der Waals surface area contributed by atoms with E-state index in [2.05, 4.69) is 10.1 Å². The van der Waals surface area contributed by atoms with E-state index in [-0.39, 0.29) is 11.8 Å². The smallest absolute Gasteiger partial charge is 0.253 e. The first-order valence-electron chi connectivity index (χ1n) is 9.84. The van der Waals surface area contributed by atoms with Gasteiger partial charge in [-0.2, -0.15) is 0 Å². The van der Waals surface area contributed by atoms with Crippen LogP contribution >= 0.6 is 0 Å². The van der Waals surface area contributed by atoms with Gasteiger partial charge < -0.3 is 24.2 Å². The number of anilines is 1. The van der Waals surface area contributed by atoms with Crippen LogP contribution < -0.4 is 4.90 Å². The van der Waals surface area contributed by atoms with Crippen molar-refractivity contribution in [3.05, 3.63) is 46.8 Å². The van der Waals surface area contributed by atoms with E-state index in [4.69, 9.17) is 9.26 Å². The summed E-state index contributed by atoms with van der Waals surface area (Å²) in [6.45, 7) is 7.98. The average Bonchev–Trinajstić information content (AvgIpc) is 3.27. The van der Waals surface area contributed by atoms with Gasteiger partial charge in [0, 0.05) is 55.8 Å². The Morgan fingerprint density at radius 2 is 2.00 bits per heavy atom. The summed E-state index contributed by atoms with van der Waals surface area (Å²) in [7, 11) is 0. The van der Waals surface area contributed by atoms with Gasteiger partial charge in [-0.25, -0.2) is 0 Å². The van der Waals surface area contributed by atoms with Gasteiger partial charge in [-0.1, -0.05) is 5.16 Å². The first-order valence-corrected chi connectivity index (χ1v) is 9.84. The van der Waals surface area contributed by atoms with Crippen molar-refractivity contribution in [2.45, 2.75) is 26.4 Å². The maximum Gasteiger partial charge on any atom is 0.253 e. The van der Waals surface area contributed by atoms with Gasteiger partial charge in [0.1, 0.15) is 5.76 Å². The van der Waals surface area contributed by atoms with E-state index >= 15 is 0 Å². The summed E-state index contributed by atoms with van der Waals surface area (Å²) in [6, 6.07) is 7.74. The number of benzene rings is 1. The molecule has 4 rings (SSSR count). The minimum Gasteiger partial charge on any atom is -0.391 e. The van der Waals surface area contributed by atoms with Crippen molar-refractivity contribution >= 4 is 11.6 Å². The molecule has 7 heteroatoms. The highest BCUT2D eigenvalue weighted by atomic mass is 16.5. The van der Waals surface area contributed by atoms with Crippen molar-refractivity contribution in [1.29, 1.82) is 0 Å². The Balaban J connectivity index is 1.43. The second-order valence-electron chi connectivity index (χ2n) is 7.78. The SMILES string of the molecule is Cc1cc(C[C@@H]2CN(C(=O)c3ccc(N4CCOCC4)c(C)c3)C[C@H]2O)on1. The van der Waals surface area contributed by atoms with Crippen molar-refractivity contribution < 1.29 is 19.2 Å². The second-order valence-corrected chi connectivity index (χ2v) is 7.78. The zero-order valence-electron chi connectivity index (χ0n) is 16.4. The molecule has 28 heavy (non-hydrogen) atoms. The van der Waals surface area contributed by atoms with Crippen LogP contribution in [0.25, 0.3) is 0 Å². The van der Waals surface area contributed by atoms with Gasteiger partial charge in [0.05, 0.1) is 25.0 Å². The van der Waals surface area contributed by atoms with Gasteiger partial charge in [0.25, 0.3) is 5.91 Å². The third kappa shape index (κ3) is 3.91. The lowest BCUT2D eigenvalue weighted by Crippen LogP contribution is -2.36. The Hall–Kier alpha value is -2.38. The number of aryl methyl sites for hydroxylation is 2. The van der Waals surface area contributed by atoms with Crippen LogP contribution in [0.5, 0.6) is 0 Å². The molecule has 2 aliphatic heterocycles. The van der Waals surface area contributed by atoms with Gasteiger partial charge in [-0.15, -0.1) is 0 Å². The minimum absolute atomic E-state index is 0.0353. The summed E-state index contributed by atoms with van der Waals surface area (Å²) < 4.78 is 10.7. The number of morpholine rings is 1. The number of nitrogens with zero attached hydrogens (tertiary/aromatic N) is 3. The summed E-state index contributed by atoms with van der Waals surface area (Å²) in [6.07, 6.45) is 0.0314. The fraction of sp³-hybridized carbons (Fsp3) is 0.524. The first kappa shape index (κ1) is 19.0. The largest absolute Gasteiger partial charge is 0.391 e. The number of carbonyl (C=O) groups excluding carboxylic acids is 1. The van der Waals surface area contributed by atoms with Crippen molar-refractivity contribution in [3.63, 3.8) is 0 Å². The highest BCUT2D eigenvalue weighted by Gasteiger charge is 2.35. The second kappa shape index (κ2) is 7.93. The topological polar surface area (TPSA) is 79.0 Å². The molecule has 3 heterocycles. The maximum atomic E-state index is 13.0. The van der Waals surface area contributed by atoms with Crippen LogP contribution in [0.4, 0.5) is 5.69 Å². The van der Waals surface area contributed by atoms with Crippen LogP contribution in [0.3, 0.4) is 0 Å². The predicted octanol–water partition coefficient (Wildman–Crippen LogP) is 1.80. The molecular formula is C21H27N3O4. The lowest BCUT2D eigenvalue weighted by Gasteiger charge is -2.30. The molecule has 2 fully saturated rings. The highest BCUT2D eigenvalue weighted by molar-refractivity contribution is 5.95. The summed E-state index contributed by atoms with van der Waals surface area (Å²) >= 11 is 0. The average molecular weight is 385 g/mol. The highest BCUT2D eigenvalue weighted by Crippen LogP contribution is 2.26. The van der Waals surface area contributed by atoms with E-state index in [1.807, 2.05) is 38.1 Å². The van der Waals surface area contributed by atoms with Gasteiger partial charge >= 0.3 is 0 Å². The van der Waals surface area contributed by atoms with Crippen molar-refractivity contribution in [1.82, 2.24) is 10.1 Å². The monoisotopic (exact) mass is 385 g/mol. The van der Waals surface area contributed by atoms with Crippen LogP contribution in [-0.2, 0) is 11.2 Å². The van der Waals surface area contributed by atoms with Crippen LogP contribution in [0.15, 0.2) is 28.8 Å². The lowest BCUT2D eigenvalue weighted by atomic mass is 10.0. The fourth-order valence-electron chi connectivity index (χ4n) is 4.12. The number of rotatable bonds is 4. The molecule has 150 valence electrons. The van der Waals surface area contributed by atoms with Gasteiger partial charge in [0.15, 0.2) is 0 Å². The minimum atomic E-state index is -0.553. The zero-order chi connectivity index (χ0) is 19.7. The Kier molecular flexibility index (Phi) is 5.37. The molecule has 0 unspecified atom stereocenters. The molecule has 2 saturated heterocycles. The molecule has 1 aromatic carbocycles. The quantitative estimate of drug-likeness (QED) is 0.865. The number of hydrogen-bond donors (Lipinski definition) is 1. The molecule has 2 aliphatic rings. The Morgan fingerprint density at radius 1 is 1.21 bits per heavy atom. The van der Waals surface area contributed by atoms with Gasteiger partial charge in [-0.05, 0) is 37.6 Å². The van der Waals surface area contributed by atoms with Gasteiger partial charge in [-0.3, -0.25) is 4.79 Å². The molecule has 0 spiro atoms. The van der Waals surface area contributed by atoms with Crippen molar-refractivity contribution in [2.75, 3.05) is 44.3 Å². The van der Waals surface area contributed by atoms with Crippen LogP contribution in [0, 0.1) is 19.8 Å². The van der Waals surface area contributed by atoms with Crippen LogP contribution in [0.1, 0.15) is 27.4 Å².